The molecule has 0 fully saturated rings. The minimum atomic E-state index is -4.62. The fourth-order valence-electron chi connectivity index (χ4n) is 2.60. The molecule has 0 saturated heterocycles. The van der Waals surface area contributed by atoms with E-state index in [1.165, 1.54) is 12.3 Å². The van der Waals surface area contributed by atoms with Crippen molar-refractivity contribution < 1.29 is 18.0 Å². The molecule has 1 amide bonds. The number of carbonyl (C=O) groups is 1. The highest BCUT2D eigenvalue weighted by Gasteiger charge is 2.33. The second-order valence-corrected chi connectivity index (χ2v) is 6.30. The number of pyridine rings is 2. The molecule has 1 atom stereocenters. The molecule has 28 heavy (non-hydrogen) atoms. The Kier molecular flexibility index (Phi) is 5.39. The second-order valence-electron chi connectivity index (χ2n) is 6.30. The summed E-state index contributed by atoms with van der Waals surface area (Å²) in [6.07, 6.45) is -0.854. The zero-order valence-electron chi connectivity index (χ0n) is 15.1. The molecule has 146 valence electrons. The van der Waals surface area contributed by atoms with Crippen LogP contribution in [0.4, 0.5) is 19.0 Å². The first-order valence-corrected chi connectivity index (χ1v) is 8.38. The van der Waals surface area contributed by atoms with Crippen LogP contribution < -0.4 is 5.32 Å². The van der Waals surface area contributed by atoms with Crippen LogP contribution in [0.2, 0.25) is 0 Å². The van der Waals surface area contributed by atoms with Gasteiger partial charge in [0.15, 0.2) is 0 Å². The minimum absolute atomic E-state index is 0.0632. The highest BCUT2D eigenvalue weighted by molar-refractivity contribution is 6.02. The summed E-state index contributed by atoms with van der Waals surface area (Å²) >= 11 is 0. The molecule has 3 aromatic heterocycles. The molecule has 7 nitrogen and oxygen atoms in total. The zero-order chi connectivity index (χ0) is 20.3. The van der Waals surface area contributed by atoms with Gasteiger partial charge in [-0.25, -0.2) is 9.97 Å². The van der Waals surface area contributed by atoms with E-state index in [4.69, 9.17) is 0 Å². The molecule has 3 heterocycles. The van der Waals surface area contributed by atoms with Gasteiger partial charge in [-0.15, -0.1) is 10.2 Å². The van der Waals surface area contributed by atoms with Crippen molar-refractivity contribution in [1.82, 2.24) is 24.7 Å². The smallest absolute Gasteiger partial charge is 0.321 e. The number of rotatable bonds is 5. The van der Waals surface area contributed by atoms with Crippen molar-refractivity contribution in [1.29, 1.82) is 0 Å². The SMILES string of the molecule is C[C@H](Cc1nncn1C)c1ccnc(NC(=O)c2cccc(C(F)(F)F)n2)c1. The summed E-state index contributed by atoms with van der Waals surface area (Å²) in [5, 5.41) is 10.4. The summed E-state index contributed by atoms with van der Waals surface area (Å²) in [5.41, 5.74) is -0.571. The van der Waals surface area contributed by atoms with E-state index in [1.807, 2.05) is 18.5 Å². The van der Waals surface area contributed by atoms with Gasteiger partial charge in [-0.05, 0) is 35.7 Å². The number of carbonyl (C=O) groups excluding carboxylic acids is 1. The first kappa shape index (κ1) is 19.5. The maximum atomic E-state index is 12.8. The maximum Gasteiger partial charge on any atom is 0.433 e. The third-order valence-electron chi connectivity index (χ3n) is 4.16. The molecule has 10 heteroatoms. The number of alkyl halides is 3. The van der Waals surface area contributed by atoms with Crippen LogP contribution in [0.3, 0.4) is 0 Å². The molecule has 0 aliphatic rings. The Hall–Kier alpha value is -3.30. The molecule has 0 aliphatic carbocycles. The Balaban J connectivity index is 1.74. The summed E-state index contributed by atoms with van der Waals surface area (Å²) in [6.45, 7) is 1.99. The van der Waals surface area contributed by atoms with Crippen LogP contribution >= 0.6 is 0 Å². The van der Waals surface area contributed by atoms with Gasteiger partial charge >= 0.3 is 6.18 Å². The van der Waals surface area contributed by atoms with Crippen LogP contribution in [0.5, 0.6) is 0 Å². The monoisotopic (exact) mass is 390 g/mol. The summed E-state index contributed by atoms with van der Waals surface area (Å²) in [7, 11) is 1.85. The number of amides is 1. The molecule has 3 rings (SSSR count). The van der Waals surface area contributed by atoms with E-state index in [0.717, 1.165) is 23.5 Å². The lowest BCUT2D eigenvalue weighted by Crippen LogP contribution is -2.17. The highest BCUT2D eigenvalue weighted by atomic mass is 19.4. The molecule has 0 spiro atoms. The highest BCUT2D eigenvalue weighted by Crippen LogP contribution is 2.27. The van der Waals surface area contributed by atoms with Crippen LogP contribution in [0, 0.1) is 0 Å². The van der Waals surface area contributed by atoms with Crippen molar-refractivity contribution in [2.75, 3.05) is 5.32 Å². The Bertz CT molecular complexity index is 985. The molecule has 1 N–H and O–H groups in total. The van der Waals surface area contributed by atoms with Gasteiger partial charge in [-0.1, -0.05) is 13.0 Å². The van der Waals surface area contributed by atoms with Crippen LogP contribution in [0.25, 0.3) is 0 Å². The van der Waals surface area contributed by atoms with Gasteiger partial charge in [-0.3, -0.25) is 4.79 Å². The first-order chi connectivity index (χ1) is 13.2. The van der Waals surface area contributed by atoms with Crippen LogP contribution in [0.1, 0.15) is 40.4 Å². The zero-order valence-corrected chi connectivity index (χ0v) is 15.1. The average molecular weight is 390 g/mol. The Morgan fingerprint density at radius 1 is 1.29 bits per heavy atom. The van der Waals surface area contributed by atoms with Crippen molar-refractivity contribution in [2.24, 2.45) is 7.05 Å². The quantitative estimate of drug-likeness (QED) is 0.723. The number of nitrogens with zero attached hydrogens (tertiary/aromatic N) is 5. The molecule has 0 saturated carbocycles. The third-order valence-corrected chi connectivity index (χ3v) is 4.16. The van der Waals surface area contributed by atoms with Crippen molar-refractivity contribution in [3.63, 3.8) is 0 Å². The molecular weight excluding hydrogens is 373 g/mol. The number of aryl methyl sites for hydroxylation is 1. The van der Waals surface area contributed by atoms with Gasteiger partial charge in [-0.2, -0.15) is 13.2 Å². The van der Waals surface area contributed by atoms with Gasteiger partial charge in [0.25, 0.3) is 5.91 Å². The Morgan fingerprint density at radius 3 is 2.75 bits per heavy atom. The molecule has 0 unspecified atom stereocenters. The van der Waals surface area contributed by atoms with E-state index < -0.39 is 17.8 Å². The van der Waals surface area contributed by atoms with Gasteiger partial charge in [0.05, 0.1) is 0 Å². The van der Waals surface area contributed by atoms with Gasteiger partial charge in [0.2, 0.25) is 0 Å². The lowest BCUT2D eigenvalue weighted by molar-refractivity contribution is -0.141. The van der Waals surface area contributed by atoms with E-state index in [2.05, 4.69) is 25.5 Å². The molecule has 0 aliphatic heterocycles. The number of hydrogen-bond acceptors (Lipinski definition) is 5. The van der Waals surface area contributed by atoms with Gasteiger partial charge < -0.3 is 9.88 Å². The van der Waals surface area contributed by atoms with Crippen LogP contribution in [0.15, 0.2) is 42.9 Å². The number of hydrogen-bond donors (Lipinski definition) is 1. The van der Waals surface area contributed by atoms with Crippen molar-refractivity contribution in [3.05, 3.63) is 65.6 Å². The summed E-state index contributed by atoms with van der Waals surface area (Å²) in [4.78, 5) is 19.7. The van der Waals surface area contributed by atoms with E-state index in [0.29, 0.717) is 6.42 Å². The predicted molar refractivity (Wildman–Crippen MR) is 94.6 cm³/mol. The summed E-state index contributed by atoms with van der Waals surface area (Å²) in [6, 6.07) is 6.64. The topological polar surface area (TPSA) is 85.6 Å². The molecular formula is C18H17F3N6O. The van der Waals surface area contributed by atoms with Crippen molar-refractivity contribution in [3.8, 4) is 0 Å². The normalized spacial score (nSPS) is 12.6. The van der Waals surface area contributed by atoms with Crippen molar-refractivity contribution in [2.45, 2.75) is 25.4 Å². The van der Waals surface area contributed by atoms with E-state index in [9.17, 15) is 18.0 Å². The average Bonchev–Trinajstić information content (AvgIpc) is 3.06. The minimum Gasteiger partial charge on any atom is -0.321 e. The molecule has 0 radical (unpaired) electrons. The number of anilines is 1. The molecule has 0 bridgehead atoms. The summed E-state index contributed by atoms with van der Waals surface area (Å²) in [5.74, 6) is 0.333. The second kappa shape index (κ2) is 7.75. The number of aromatic nitrogens is 5. The Labute approximate surface area is 158 Å². The van der Waals surface area contributed by atoms with E-state index in [1.54, 1.807) is 18.5 Å². The fraction of sp³-hybridized carbons (Fsp3) is 0.278. The molecule has 0 aromatic carbocycles. The third kappa shape index (κ3) is 4.51. The van der Waals surface area contributed by atoms with Crippen LogP contribution in [-0.4, -0.2) is 30.6 Å². The number of nitrogens with one attached hydrogen (secondary N) is 1. The maximum absolute atomic E-state index is 12.8. The van der Waals surface area contributed by atoms with E-state index in [-0.39, 0.29) is 17.4 Å². The predicted octanol–water partition coefficient (Wildman–Crippen LogP) is 3.22. The lowest BCUT2D eigenvalue weighted by Gasteiger charge is -2.13. The fourth-order valence-corrected chi connectivity index (χ4v) is 2.60. The lowest BCUT2D eigenvalue weighted by atomic mass is 9.98. The van der Waals surface area contributed by atoms with Gasteiger partial charge in [0.1, 0.15) is 29.4 Å². The van der Waals surface area contributed by atoms with Crippen LogP contribution in [-0.2, 0) is 19.6 Å². The van der Waals surface area contributed by atoms with Gasteiger partial charge in [0, 0.05) is 19.7 Å². The number of halogens is 3. The summed E-state index contributed by atoms with van der Waals surface area (Å²) < 4.78 is 40.1. The van der Waals surface area contributed by atoms with Crippen molar-refractivity contribution >= 4 is 11.7 Å². The first-order valence-electron chi connectivity index (χ1n) is 8.38. The van der Waals surface area contributed by atoms with E-state index >= 15 is 0 Å². The standard InChI is InChI=1S/C18H17F3N6O/c1-11(8-16-26-23-10-27(16)2)12-6-7-22-15(9-12)25-17(28)13-4-3-5-14(24-13)18(19,20)21/h3-7,9-11H,8H2,1-2H3,(H,22,25,28)/t11-/m1/s1. The Morgan fingerprint density at radius 2 is 2.07 bits per heavy atom. The molecule has 3 aromatic rings. The largest absolute Gasteiger partial charge is 0.433 e.